The molecular formula is C14H29O3Si4. The van der Waals surface area contributed by atoms with E-state index in [0.717, 1.165) is 5.19 Å². The van der Waals surface area contributed by atoms with Crippen molar-refractivity contribution in [2.45, 2.75) is 52.4 Å². The number of rotatable bonds is 7. The highest BCUT2D eigenvalue weighted by Crippen LogP contribution is 2.23. The molecule has 0 aliphatic heterocycles. The molecule has 21 heavy (non-hydrogen) atoms. The molecule has 0 saturated carbocycles. The Balaban J connectivity index is 3.33. The zero-order valence-electron chi connectivity index (χ0n) is 14.6. The van der Waals surface area contributed by atoms with Gasteiger partial charge in [-0.3, -0.25) is 0 Å². The Morgan fingerprint density at radius 1 is 0.762 bits per heavy atom. The molecule has 0 amide bonds. The summed E-state index contributed by atoms with van der Waals surface area (Å²) in [7, 11) is -7.35. The Labute approximate surface area is 135 Å². The molecule has 0 aliphatic rings. The van der Waals surface area contributed by atoms with Crippen molar-refractivity contribution in [1.82, 2.24) is 0 Å². The van der Waals surface area contributed by atoms with Gasteiger partial charge in [-0.25, -0.2) is 0 Å². The summed E-state index contributed by atoms with van der Waals surface area (Å²) in [6, 6.07) is 10.3. The monoisotopic (exact) mass is 357 g/mol. The lowest BCUT2D eigenvalue weighted by atomic mass is 10.4. The fourth-order valence-corrected chi connectivity index (χ4v) is 14.2. The van der Waals surface area contributed by atoms with Crippen LogP contribution in [0.3, 0.4) is 0 Å². The molecular weight excluding hydrogens is 328 g/mol. The van der Waals surface area contributed by atoms with Crippen LogP contribution in [0.15, 0.2) is 30.3 Å². The second-order valence-electron chi connectivity index (χ2n) is 7.36. The second kappa shape index (κ2) is 7.03. The van der Waals surface area contributed by atoms with Gasteiger partial charge in [0.2, 0.25) is 0 Å². The van der Waals surface area contributed by atoms with Crippen LogP contribution in [0, 0.1) is 0 Å². The number of hydrogen-bond acceptors (Lipinski definition) is 3. The van der Waals surface area contributed by atoms with Gasteiger partial charge in [-0.2, -0.15) is 0 Å². The Kier molecular flexibility index (Phi) is 6.37. The minimum absolute atomic E-state index is 0.925. The summed E-state index contributed by atoms with van der Waals surface area (Å²) < 4.78 is 19.6. The Hall–Kier alpha value is -0.0325. The lowest BCUT2D eigenvalue weighted by Gasteiger charge is -2.40. The molecule has 0 heterocycles. The van der Waals surface area contributed by atoms with Gasteiger partial charge in [-0.05, 0) is 52.4 Å². The van der Waals surface area contributed by atoms with Gasteiger partial charge < -0.3 is 12.3 Å². The van der Waals surface area contributed by atoms with E-state index in [9.17, 15) is 0 Å². The van der Waals surface area contributed by atoms with E-state index in [4.69, 9.17) is 12.3 Å². The molecule has 1 aromatic rings. The van der Waals surface area contributed by atoms with Crippen LogP contribution in [-0.4, -0.2) is 34.5 Å². The van der Waals surface area contributed by atoms with Crippen molar-refractivity contribution >= 4 is 39.7 Å². The maximum Gasteiger partial charge on any atom is 0.505 e. The van der Waals surface area contributed by atoms with E-state index < -0.39 is 34.5 Å². The van der Waals surface area contributed by atoms with Crippen LogP contribution < -0.4 is 5.19 Å². The summed E-state index contributed by atoms with van der Waals surface area (Å²) >= 11 is 0. The van der Waals surface area contributed by atoms with Crippen molar-refractivity contribution < 1.29 is 12.3 Å². The van der Waals surface area contributed by atoms with E-state index in [2.05, 4.69) is 64.5 Å². The summed E-state index contributed by atoms with van der Waals surface area (Å²) in [5, 5.41) is 1.10. The topological polar surface area (TPSA) is 27.7 Å². The van der Waals surface area contributed by atoms with E-state index in [1.807, 2.05) is 18.2 Å². The maximum atomic E-state index is 6.59. The molecule has 0 spiro atoms. The van der Waals surface area contributed by atoms with Crippen molar-refractivity contribution in [3.63, 3.8) is 0 Å². The molecule has 1 aromatic carbocycles. The predicted octanol–water partition coefficient (Wildman–Crippen LogP) is 3.80. The van der Waals surface area contributed by atoms with Gasteiger partial charge in [0.25, 0.3) is 0 Å². The molecule has 0 aliphatic carbocycles. The minimum atomic E-state index is -2.84. The first-order valence-corrected chi connectivity index (χ1v) is 18.3. The Morgan fingerprint density at radius 3 is 1.52 bits per heavy atom. The highest BCUT2D eigenvalue weighted by Gasteiger charge is 2.50. The molecule has 0 atom stereocenters. The van der Waals surface area contributed by atoms with Gasteiger partial charge >= 0.3 is 8.80 Å². The lowest BCUT2D eigenvalue weighted by Crippen LogP contribution is -2.65. The van der Waals surface area contributed by atoms with E-state index in [-0.39, 0.29) is 0 Å². The third kappa shape index (κ3) is 6.72. The van der Waals surface area contributed by atoms with Gasteiger partial charge in [0, 0.05) is 5.19 Å². The predicted molar refractivity (Wildman–Crippen MR) is 99.3 cm³/mol. The van der Waals surface area contributed by atoms with Crippen molar-refractivity contribution in [2.75, 3.05) is 0 Å². The smallest absolute Gasteiger partial charge is 0.414 e. The van der Waals surface area contributed by atoms with Crippen molar-refractivity contribution in [3.05, 3.63) is 30.3 Å². The summed E-state index contributed by atoms with van der Waals surface area (Å²) in [5.41, 5.74) is 0. The normalized spacial score (nSPS) is 13.8. The summed E-state index contributed by atoms with van der Waals surface area (Å²) in [6.45, 7) is 17.5. The third-order valence-electron chi connectivity index (χ3n) is 2.35. The van der Waals surface area contributed by atoms with Crippen molar-refractivity contribution in [3.8, 4) is 0 Å². The van der Waals surface area contributed by atoms with Crippen LogP contribution in [0.25, 0.3) is 0 Å². The summed E-state index contributed by atoms with van der Waals surface area (Å²) in [4.78, 5) is 0. The number of hydrogen-bond donors (Lipinski definition) is 0. The zero-order valence-corrected chi connectivity index (χ0v) is 18.6. The van der Waals surface area contributed by atoms with E-state index in [1.165, 1.54) is 0 Å². The molecule has 0 N–H and O–H groups in total. The van der Waals surface area contributed by atoms with Crippen molar-refractivity contribution in [1.29, 1.82) is 0 Å². The standard InChI is InChI=1S/C14H29O3Si4/c1-18(2)15-21(16-19(3,4)5,17-20(6,7)8)14-12-10-9-11-13-14/h9-13H,1-8H3. The molecule has 3 nitrogen and oxygen atoms in total. The van der Waals surface area contributed by atoms with Gasteiger partial charge in [-0.15, -0.1) is 0 Å². The van der Waals surface area contributed by atoms with Gasteiger partial charge in [0.15, 0.2) is 25.7 Å². The van der Waals surface area contributed by atoms with Gasteiger partial charge in [0.1, 0.15) is 0 Å². The quantitative estimate of drug-likeness (QED) is 0.695. The third-order valence-corrected chi connectivity index (χ3v) is 13.1. The first kappa shape index (κ1) is 19.0. The molecule has 7 heteroatoms. The minimum Gasteiger partial charge on any atom is -0.414 e. The van der Waals surface area contributed by atoms with E-state index in [1.54, 1.807) is 0 Å². The van der Waals surface area contributed by atoms with Crippen LogP contribution >= 0.6 is 0 Å². The van der Waals surface area contributed by atoms with Crippen LogP contribution in [0.5, 0.6) is 0 Å². The SMILES string of the molecule is C[Si](C)O[Si](O[Si](C)(C)C)(O[Si](C)(C)C)c1ccccc1. The van der Waals surface area contributed by atoms with Crippen molar-refractivity contribution in [2.24, 2.45) is 0 Å². The maximum absolute atomic E-state index is 6.59. The molecule has 0 unspecified atom stereocenters. The fourth-order valence-electron chi connectivity index (χ4n) is 1.96. The molecule has 1 radical (unpaired) electrons. The van der Waals surface area contributed by atoms with Gasteiger partial charge in [-0.1, -0.05) is 30.3 Å². The molecule has 0 fully saturated rings. The van der Waals surface area contributed by atoms with Crippen LogP contribution in [0.2, 0.25) is 52.4 Å². The van der Waals surface area contributed by atoms with E-state index in [0.29, 0.717) is 0 Å². The Bertz CT molecular complexity index is 422. The second-order valence-corrected chi connectivity index (χ2v) is 21.8. The molecule has 0 aromatic heterocycles. The average Bonchev–Trinajstić information content (AvgIpc) is 2.24. The molecule has 0 bridgehead atoms. The van der Waals surface area contributed by atoms with Crippen LogP contribution in [0.4, 0.5) is 0 Å². The Morgan fingerprint density at radius 2 is 1.19 bits per heavy atom. The molecule has 0 saturated heterocycles. The molecule has 119 valence electrons. The highest BCUT2D eigenvalue weighted by molar-refractivity contribution is 6.93. The zero-order chi connectivity index (χ0) is 16.3. The number of benzene rings is 1. The van der Waals surface area contributed by atoms with Crippen LogP contribution in [-0.2, 0) is 12.3 Å². The van der Waals surface area contributed by atoms with E-state index >= 15 is 0 Å². The fraction of sp³-hybridized carbons (Fsp3) is 0.571. The molecule has 1 rings (SSSR count). The van der Waals surface area contributed by atoms with Gasteiger partial charge in [0.05, 0.1) is 0 Å². The largest absolute Gasteiger partial charge is 0.505 e. The lowest BCUT2D eigenvalue weighted by molar-refractivity contribution is 0.278. The average molecular weight is 358 g/mol. The summed E-state index contributed by atoms with van der Waals surface area (Å²) in [5.74, 6) is 0. The van der Waals surface area contributed by atoms with Crippen LogP contribution in [0.1, 0.15) is 0 Å². The first-order chi connectivity index (χ1) is 9.44. The highest BCUT2D eigenvalue weighted by atomic mass is 28.5. The first-order valence-electron chi connectivity index (χ1n) is 7.39. The summed E-state index contributed by atoms with van der Waals surface area (Å²) in [6.07, 6.45) is 0.